The molecule has 0 radical (unpaired) electrons. The zero-order valence-electron chi connectivity index (χ0n) is 11.8. The summed E-state index contributed by atoms with van der Waals surface area (Å²) in [5.74, 6) is 0.586. The Morgan fingerprint density at radius 1 is 1.42 bits per heavy atom. The SMILES string of the molecule is CN(C)c1ccccc1NC(=O)CC1CCCNC1. The predicted molar refractivity (Wildman–Crippen MR) is 79.6 cm³/mol. The van der Waals surface area contributed by atoms with Gasteiger partial charge in [0, 0.05) is 20.5 Å². The third kappa shape index (κ3) is 3.96. The fourth-order valence-electron chi connectivity index (χ4n) is 2.53. The highest BCUT2D eigenvalue weighted by molar-refractivity contribution is 5.94. The summed E-state index contributed by atoms with van der Waals surface area (Å²) in [4.78, 5) is 14.1. The average molecular weight is 261 g/mol. The summed E-state index contributed by atoms with van der Waals surface area (Å²) < 4.78 is 0. The van der Waals surface area contributed by atoms with E-state index in [-0.39, 0.29) is 5.91 Å². The van der Waals surface area contributed by atoms with Gasteiger partial charge in [0.15, 0.2) is 0 Å². The number of rotatable bonds is 4. The average Bonchev–Trinajstić information content (AvgIpc) is 2.40. The maximum atomic E-state index is 12.1. The molecule has 1 amide bonds. The molecule has 1 saturated heterocycles. The quantitative estimate of drug-likeness (QED) is 0.872. The van der Waals surface area contributed by atoms with Gasteiger partial charge in [-0.2, -0.15) is 0 Å². The molecule has 0 spiro atoms. The number of para-hydroxylation sites is 2. The Morgan fingerprint density at radius 3 is 2.89 bits per heavy atom. The minimum Gasteiger partial charge on any atom is -0.376 e. The summed E-state index contributed by atoms with van der Waals surface area (Å²) in [6, 6.07) is 7.89. The Bertz CT molecular complexity index is 425. The number of nitrogens with zero attached hydrogens (tertiary/aromatic N) is 1. The van der Waals surface area contributed by atoms with Crippen LogP contribution in [0.1, 0.15) is 19.3 Å². The summed E-state index contributed by atoms with van der Waals surface area (Å²) in [7, 11) is 3.96. The van der Waals surface area contributed by atoms with Crippen molar-refractivity contribution in [1.29, 1.82) is 0 Å². The van der Waals surface area contributed by atoms with Crippen LogP contribution in [0.15, 0.2) is 24.3 Å². The molecule has 4 heteroatoms. The molecule has 1 fully saturated rings. The number of benzene rings is 1. The van der Waals surface area contributed by atoms with Gasteiger partial charge in [0.05, 0.1) is 11.4 Å². The van der Waals surface area contributed by atoms with Gasteiger partial charge in [-0.25, -0.2) is 0 Å². The smallest absolute Gasteiger partial charge is 0.224 e. The first-order chi connectivity index (χ1) is 9.16. The van der Waals surface area contributed by atoms with E-state index in [9.17, 15) is 4.79 Å². The lowest BCUT2D eigenvalue weighted by atomic mass is 9.96. The van der Waals surface area contributed by atoms with Gasteiger partial charge in [0.1, 0.15) is 0 Å². The summed E-state index contributed by atoms with van der Waals surface area (Å²) in [5, 5.41) is 6.38. The van der Waals surface area contributed by atoms with Crippen molar-refractivity contribution in [2.24, 2.45) is 5.92 Å². The molecule has 0 aromatic heterocycles. The summed E-state index contributed by atoms with van der Waals surface area (Å²) >= 11 is 0. The topological polar surface area (TPSA) is 44.4 Å². The Hall–Kier alpha value is -1.55. The van der Waals surface area contributed by atoms with Crippen molar-refractivity contribution in [2.75, 3.05) is 37.4 Å². The van der Waals surface area contributed by atoms with Gasteiger partial charge >= 0.3 is 0 Å². The van der Waals surface area contributed by atoms with Crippen LogP contribution in [0.5, 0.6) is 0 Å². The molecular formula is C15H23N3O. The molecule has 2 rings (SSSR count). The van der Waals surface area contributed by atoms with Crippen molar-refractivity contribution in [3.8, 4) is 0 Å². The lowest BCUT2D eigenvalue weighted by Gasteiger charge is -2.23. The van der Waals surface area contributed by atoms with Gasteiger partial charge in [0.2, 0.25) is 5.91 Å². The summed E-state index contributed by atoms with van der Waals surface area (Å²) in [6.07, 6.45) is 2.93. The Kier molecular flexibility index (Phi) is 4.80. The minimum absolute atomic E-state index is 0.114. The number of amides is 1. The van der Waals surface area contributed by atoms with Crippen LogP contribution in [0, 0.1) is 5.92 Å². The van der Waals surface area contributed by atoms with E-state index < -0.39 is 0 Å². The van der Waals surface area contributed by atoms with Crippen LogP contribution >= 0.6 is 0 Å². The van der Waals surface area contributed by atoms with E-state index in [1.807, 2.05) is 43.3 Å². The molecule has 2 N–H and O–H groups in total. The molecule has 104 valence electrons. The van der Waals surface area contributed by atoms with E-state index in [4.69, 9.17) is 0 Å². The van der Waals surface area contributed by atoms with Crippen molar-refractivity contribution in [3.05, 3.63) is 24.3 Å². The fraction of sp³-hybridized carbons (Fsp3) is 0.533. The zero-order valence-corrected chi connectivity index (χ0v) is 11.8. The Balaban J connectivity index is 1.94. The van der Waals surface area contributed by atoms with E-state index in [2.05, 4.69) is 10.6 Å². The number of piperidine rings is 1. The van der Waals surface area contributed by atoms with E-state index >= 15 is 0 Å². The molecule has 4 nitrogen and oxygen atoms in total. The Morgan fingerprint density at radius 2 is 2.21 bits per heavy atom. The highest BCUT2D eigenvalue weighted by Crippen LogP contribution is 2.24. The minimum atomic E-state index is 0.114. The van der Waals surface area contributed by atoms with Gasteiger partial charge in [-0.15, -0.1) is 0 Å². The molecule has 0 aliphatic carbocycles. The number of carbonyl (C=O) groups excluding carboxylic acids is 1. The van der Waals surface area contributed by atoms with Crippen LogP contribution in [0.2, 0.25) is 0 Å². The highest BCUT2D eigenvalue weighted by Gasteiger charge is 2.17. The largest absolute Gasteiger partial charge is 0.376 e. The zero-order chi connectivity index (χ0) is 13.7. The van der Waals surface area contributed by atoms with Crippen LogP contribution in [-0.4, -0.2) is 33.1 Å². The first-order valence-corrected chi connectivity index (χ1v) is 6.93. The van der Waals surface area contributed by atoms with E-state index in [1.54, 1.807) is 0 Å². The van der Waals surface area contributed by atoms with E-state index in [0.717, 1.165) is 30.9 Å². The highest BCUT2D eigenvalue weighted by atomic mass is 16.1. The van der Waals surface area contributed by atoms with Gasteiger partial charge in [-0.1, -0.05) is 12.1 Å². The monoisotopic (exact) mass is 261 g/mol. The van der Waals surface area contributed by atoms with E-state index in [1.165, 1.54) is 6.42 Å². The first-order valence-electron chi connectivity index (χ1n) is 6.93. The molecule has 0 bridgehead atoms. The maximum absolute atomic E-state index is 12.1. The van der Waals surface area contributed by atoms with Crippen LogP contribution in [0.3, 0.4) is 0 Å². The van der Waals surface area contributed by atoms with Crippen molar-refractivity contribution < 1.29 is 4.79 Å². The second kappa shape index (κ2) is 6.57. The van der Waals surface area contributed by atoms with Gasteiger partial charge in [0.25, 0.3) is 0 Å². The number of hydrogen-bond acceptors (Lipinski definition) is 3. The molecule has 0 saturated carbocycles. The standard InChI is InChI=1S/C15H23N3O/c1-18(2)14-8-4-3-7-13(14)17-15(19)10-12-6-5-9-16-11-12/h3-4,7-8,12,16H,5-6,9-11H2,1-2H3,(H,17,19). The maximum Gasteiger partial charge on any atom is 0.224 e. The van der Waals surface area contributed by atoms with Crippen molar-refractivity contribution in [1.82, 2.24) is 5.32 Å². The predicted octanol–water partition coefficient (Wildman–Crippen LogP) is 2.08. The molecule has 1 unspecified atom stereocenters. The van der Waals surface area contributed by atoms with Crippen molar-refractivity contribution >= 4 is 17.3 Å². The third-order valence-electron chi connectivity index (χ3n) is 3.53. The second-order valence-electron chi connectivity index (χ2n) is 5.38. The lowest BCUT2D eigenvalue weighted by Crippen LogP contribution is -2.32. The molecule has 1 aliphatic heterocycles. The van der Waals surface area contributed by atoms with Gasteiger partial charge < -0.3 is 15.5 Å². The third-order valence-corrected chi connectivity index (χ3v) is 3.53. The molecule has 19 heavy (non-hydrogen) atoms. The number of carbonyl (C=O) groups is 1. The summed E-state index contributed by atoms with van der Waals surface area (Å²) in [6.45, 7) is 2.05. The van der Waals surface area contributed by atoms with Crippen LogP contribution in [0.4, 0.5) is 11.4 Å². The molecule has 1 heterocycles. The molecule has 1 aromatic carbocycles. The number of nitrogens with one attached hydrogen (secondary N) is 2. The lowest BCUT2D eigenvalue weighted by molar-refractivity contribution is -0.117. The normalized spacial score (nSPS) is 18.9. The fourth-order valence-corrected chi connectivity index (χ4v) is 2.53. The Labute approximate surface area is 115 Å². The van der Waals surface area contributed by atoms with Crippen molar-refractivity contribution in [3.63, 3.8) is 0 Å². The number of anilines is 2. The van der Waals surface area contributed by atoms with Crippen molar-refractivity contribution in [2.45, 2.75) is 19.3 Å². The summed E-state index contributed by atoms with van der Waals surface area (Å²) in [5.41, 5.74) is 1.93. The second-order valence-corrected chi connectivity index (χ2v) is 5.38. The molecular weight excluding hydrogens is 238 g/mol. The van der Waals surface area contributed by atoms with Crippen LogP contribution in [0.25, 0.3) is 0 Å². The number of hydrogen-bond donors (Lipinski definition) is 2. The van der Waals surface area contributed by atoms with Gasteiger partial charge in [-0.3, -0.25) is 4.79 Å². The molecule has 1 atom stereocenters. The van der Waals surface area contributed by atoms with Crippen LogP contribution in [-0.2, 0) is 4.79 Å². The first kappa shape index (κ1) is 13.9. The van der Waals surface area contributed by atoms with Crippen LogP contribution < -0.4 is 15.5 Å². The molecule has 1 aromatic rings. The van der Waals surface area contributed by atoms with Gasteiger partial charge in [-0.05, 0) is 44.0 Å². The van der Waals surface area contributed by atoms with E-state index in [0.29, 0.717) is 12.3 Å². The molecule has 1 aliphatic rings.